The van der Waals surface area contributed by atoms with Crippen molar-refractivity contribution in [1.82, 2.24) is 4.98 Å². The smallest absolute Gasteiger partial charge is 0.139 e. The fourth-order valence-corrected chi connectivity index (χ4v) is 1.52. The number of hydrogen-bond donors (Lipinski definition) is 1. The Kier molecular flexibility index (Phi) is 4.35. The molecule has 1 N–H and O–H groups in total. The van der Waals surface area contributed by atoms with Crippen LogP contribution in [0, 0.1) is 0 Å². The Morgan fingerprint density at radius 1 is 1.29 bits per heavy atom. The van der Waals surface area contributed by atoms with Crippen LogP contribution in [-0.4, -0.2) is 38.5 Å². The van der Waals surface area contributed by atoms with Gasteiger partial charge in [-0.15, -0.1) is 0 Å². The van der Waals surface area contributed by atoms with Crippen molar-refractivity contribution in [1.29, 1.82) is 0 Å². The van der Waals surface area contributed by atoms with Crippen molar-refractivity contribution in [2.24, 2.45) is 0 Å². The van der Waals surface area contributed by atoms with Crippen molar-refractivity contribution in [3.63, 3.8) is 0 Å². The number of hydrogen-bond acceptors (Lipinski definition) is 5. The zero-order chi connectivity index (χ0) is 11.9. The second kappa shape index (κ2) is 6.22. The maximum absolute atomic E-state index is 5.35. The lowest BCUT2D eigenvalue weighted by Gasteiger charge is -2.06. The molecule has 0 saturated carbocycles. The Balaban J connectivity index is 1.80. The van der Waals surface area contributed by atoms with Gasteiger partial charge in [-0.05, 0) is 12.1 Å². The highest BCUT2D eigenvalue weighted by Crippen LogP contribution is 2.21. The number of nitrogens with one attached hydrogen (secondary N) is 1. The summed E-state index contributed by atoms with van der Waals surface area (Å²) in [5, 5.41) is 4.20. The predicted octanol–water partition coefficient (Wildman–Crippen LogP) is 1.90. The highest BCUT2D eigenvalue weighted by Gasteiger charge is 2.03. The molecular formula is C12H16N2O3. The molecule has 2 rings (SSSR count). The zero-order valence-electron chi connectivity index (χ0n) is 9.81. The van der Waals surface area contributed by atoms with Crippen molar-refractivity contribution in [3.05, 3.63) is 24.6 Å². The van der Waals surface area contributed by atoms with Gasteiger partial charge in [0.15, 0.2) is 0 Å². The number of pyridine rings is 1. The largest absolute Gasteiger partial charge is 0.464 e. The van der Waals surface area contributed by atoms with Crippen molar-refractivity contribution in [2.75, 3.05) is 38.8 Å². The molecule has 92 valence electrons. The molecule has 2 aromatic rings. The van der Waals surface area contributed by atoms with Crippen LogP contribution in [-0.2, 0) is 9.47 Å². The fourth-order valence-electron chi connectivity index (χ4n) is 1.52. The van der Waals surface area contributed by atoms with E-state index in [0.29, 0.717) is 26.4 Å². The van der Waals surface area contributed by atoms with Crippen LogP contribution in [0.1, 0.15) is 0 Å². The Bertz CT molecular complexity index is 456. The lowest BCUT2D eigenvalue weighted by Crippen LogP contribution is -2.12. The second-order valence-electron chi connectivity index (χ2n) is 3.52. The molecule has 0 aromatic carbocycles. The van der Waals surface area contributed by atoms with E-state index < -0.39 is 0 Å². The third kappa shape index (κ3) is 3.18. The van der Waals surface area contributed by atoms with Crippen LogP contribution in [0.4, 0.5) is 5.82 Å². The molecule has 0 atom stereocenters. The monoisotopic (exact) mass is 236 g/mol. The van der Waals surface area contributed by atoms with Gasteiger partial charge in [-0.25, -0.2) is 4.98 Å². The number of nitrogens with zero attached hydrogens (tertiary/aromatic N) is 1. The summed E-state index contributed by atoms with van der Waals surface area (Å²) in [5.41, 5.74) is 0.836. The number of ether oxygens (including phenoxy) is 2. The molecule has 17 heavy (non-hydrogen) atoms. The summed E-state index contributed by atoms with van der Waals surface area (Å²) < 4.78 is 15.5. The van der Waals surface area contributed by atoms with Gasteiger partial charge >= 0.3 is 0 Å². The first-order chi connectivity index (χ1) is 8.42. The molecule has 0 aliphatic carbocycles. The quantitative estimate of drug-likeness (QED) is 0.744. The topological polar surface area (TPSA) is 56.5 Å². The van der Waals surface area contributed by atoms with Gasteiger partial charge in [-0.3, -0.25) is 0 Å². The Morgan fingerprint density at radius 3 is 3.12 bits per heavy atom. The van der Waals surface area contributed by atoms with E-state index in [0.717, 1.165) is 16.8 Å². The van der Waals surface area contributed by atoms with Gasteiger partial charge in [-0.2, -0.15) is 0 Å². The molecule has 0 amide bonds. The highest BCUT2D eigenvalue weighted by molar-refractivity contribution is 5.87. The molecule has 0 aliphatic heterocycles. The molecule has 2 heterocycles. The maximum atomic E-state index is 5.35. The van der Waals surface area contributed by atoms with Crippen LogP contribution in [0.3, 0.4) is 0 Å². The predicted molar refractivity (Wildman–Crippen MR) is 65.2 cm³/mol. The number of fused-ring (bicyclic) bond motifs is 1. The normalized spacial score (nSPS) is 10.9. The molecule has 0 radical (unpaired) electrons. The summed E-state index contributed by atoms with van der Waals surface area (Å²) in [5.74, 6) is 0.826. The van der Waals surface area contributed by atoms with E-state index in [1.54, 1.807) is 19.6 Å². The molecule has 0 saturated heterocycles. The molecule has 0 aliphatic rings. The Labute approximate surface area is 99.7 Å². The lowest BCUT2D eigenvalue weighted by atomic mass is 10.3. The number of aromatic nitrogens is 1. The number of methoxy groups -OCH3 is 1. The van der Waals surface area contributed by atoms with Gasteiger partial charge < -0.3 is 19.2 Å². The van der Waals surface area contributed by atoms with E-state index in [4.69, 9.17) is 13.9 Å². The van der Waals surface area contributed by atoms with Crippen LogP contribution in [0.5, 0.6) is 0 Å². The van der Waals surface area contributed by atoms with Crippen molar-refractivity contribution >= 4 is 16.8 Å². The first-order valence-electron chi connectivity index (χ1n) is 5.54. The molecule has 5 nitrogen and oxygen atoms in total. The number of rotatable bonds is 7. The number of anilines is 1. The van der Waals surface area contributed by atoms with Crippen LogP contribution in [0.2, 0.25) is 0 Å². The first-order valence-corrected chi connectivity index (χ1v) is 5.54. The molecule has 5 heteroatoms. The maximum Gasteiger partial charge on any atom is 0.139 e. The summed E-state index contributed by atoms with van der Waals surface area (Å²) in [4.78, 5) is 4.26. The molecular weight excluding hydrogens is 220 g/mol. The molecule has 0 bridgehead atoms. The minimum atomic E-state index is 0.613. The average Bonchev–Trinajstić information content (AvgIpc) is 2.82. The third-order valence-corrected chi connectivity index (χ3v) is 2.35. The van der Waals surface area contributed by atoms with E-state index in [2.05, 4.69) is 10.3 Å². The zero-order valence-corrected chi connectivity index (χ0v) is 9.81. The van der Waals surface area contributed by atoms with Gasteiger partial charge in [-0.1, -0.05) is 0 Å². The average molecular weight is 236 g/mol. The van der Waals surface area contributed by atoms with Crippen molar-refractivity contribution in [3.8, 4) is 0 Å². The van der Waals surface area contributed by atoms with Gasteiger partial charge in [0, 0.05) is 19.9 Å². The van der Waals surface area contributed by atoms with Crippen molar-refractivity contribution < 1.29 is 13.9 Å². The molecule has 0 spiro atoms. The molecule has 2 aromatic heterocycles. The summed E-state index contributed by atoms with van der Waals surface area (Å²) >= 11 is 0. The van der Waals surface area contributed by atoms with E-state index in [-0.39, 0.29) is 0 Å². The Hall–Kier alpha value is -1.59. The summed E-state index contributed by atoms with van der Waals surface area (Å²) in [7, 11) is 1.66. The third-order valence-electron chi connectivity index (χ3n) is 2.35. The second-order valence-corrected chi connectivity index (χ2v) is 3.52. The van der Waals surface area contributed by atoms with E-state index >= 15 is 0 Å². The van der Waals surface area contributed by atoms with E-state index in [9.17, 15) is 0 Å². The first kappa shape index (κ1) is 11.9. The number of furan rings is 1. The standard InChI is InChI=1S/C12H16N2O3/c1-15-8-9-16-7-5-14-12-10-3-6-17-11(10)2-4-13-12/h2-4,6H,5,7-9H2,1H3,(H,13,14). The SMILES string of the molecule is COCCOCCNc1nccc2occc12. The van der Waals surface area contributed by atoms with E-state index in [1.807, 2.05) is 12.1 Å². The minimum absolute atomic E-state index is 0.613. The minimum Gasteiger partial charge on any atom is -0.464 e. The summed E-state index contributed by atoms with van der Waals surface area (Å²) in [6, 6.07) is 3.74. The van der Waals surface area contributed by atoms with Crippen LogP contribution in [0.15, 0.2) is 29.0 Å². The van der Waals surface area contributed by atoms with Gasteiger partial charge in [0.2, 0.25) is 0 Å². The fraction of sp³-hybridized carbons (Fsp3) is 0.417. The molecule has 0 unspecified atom stereocenters. The lowest BCUT2D eigenvalue weighted by molar-refractivity contribution is 0.0759. The summed E-state index contributed by atoms with van der Waals surface area (Å²) in [6.07, 6.45) is 3.38. The van der Waals surface area contributed by atoms with Crippen LogP contribution >= 0.6 is 0 Å². The van der Waals surface area contributed by atoms with Crippen LogP contribution in [0.25, 0.3) is 11.0 Å². The van der Waals surface area contributed by atoms with Crippen LogP contribution < -0.4 is 5.32 Å². The van der Waals surface area contributed by atoms with Gasteiger partial charge in [0.05, 0.1) is 31.5 Å². The Morgan fingerprint density at radius 2 is 2.24 bits per heavy atom. The molecule has 0 fully saturated rings. The van der Waals surface area contributed by atoms with E-state index in [1.165, 1.54) is 0 Å². The van der Waals surface area contributed by atoms with Gasteiger partial charge in [0.25, 0.3) is 0 Å². The summed E-state index contributed by atoms with van der Waals surface area (Å²) in [6.45, 7) is 2.57. The van der Waals surface area contributed by atoms with Crippen molar-refractivity contribution in [2.45, 2.75) is 0 Å². The highest BCUT2D eigenvalue weighted by atomic mass is 16.5. The van der Waals surface area contributed by atoms with Gasteiger partial charge in [0.1, 0.15) is 11.4 Å².